The minimum Gasteiger partial charge on any atom is -0.497 e. The molecule has 3 aromatic rings. The molecule has 7 nitrogen and oxygen atoms in total. The standard InChI is InChI=1S/C23H23N3O4S/c1-15(27)24-20(21-4-3-13-31-21)14-22(28)25-17-7-5-16(6-8-17)23(29)26-18-9-11-19(30-2)12-10-18/h3-13,20H,14H2,1-2H3,(H,24,27)(H,25,28)(H,26,29). The highest BCUT2D eigenvalue weighted by Crippen LogP contribution is 2.23. The summed E-state index contributed by atoms with van der Waals surface area (Å²) in [5.41, 5.74) is 1.68. The van der Waals surface area contributed by atoms with Gasteiger partial charge < -0.3 is 20.7 Å². The molecule has 0 bridgehead atoms. The number of amides is 3. The third kappa shape index (κ3) is 6.42. The summed E-state index contributed by atoms with van der Waals surface area (Å²) in [6, 6.07) is 17.0. The Morgan fingerprint density at radius 1 is 0.935 bits per heavy atom. The Balaban J connectivity index is 1.58. The molecule has 0 radical (unpaired) electrons. The molecule has 3 N–H and O–H groups in total. The van der Waals surface area contributed by atoms with Gasteiger partial charge in [0.2, 0.25) is 11.8 Å². The van der Waals surface area contributed by atoms with Crippen molar-refractivity contribution in [2.45, 2.75) is 19.4 Å². The van der Waals surface area contributed by atoms with Gasteiger partial charge in [0.05, 0.1) is 19.6 Å². The predicted octanol–water partition coefficient (Wildman–Crippen LogP) is 4.22. The molecule has 0 saturated carbocycles. The Morgan fingerprint density at radius 3 is 2.16 bits per heavy atom. The molecule has 1 heterocycles. The number of methoxy groups -OCH3 is 1. The van der Waals surface area contributed by atoms with Crippen molar-refractivity contribution in [2.75, 3.05) is 17.7 Å². The summed E-state index contributed by atoms with van der Waals surface area (Å²) in [6.45, 7) is 1.42. The average molecular weight is 438 g/mol. The van der Waals surface area contributed by atoms with E-state index in [2.05, 4.69) is 16.0 Å². The van der Waals surface area contributed by atoms with E-state index >= 15 is 0 Å². The van der Waals surface area contributed by atoms with Crippen molar-refractivity contribution in [1.29, 1.82) is 0 Å². The lowest BCUT2D eigenvalue weighted by Crippen LogP contribution is -2.29. The summed E-state index contributed by atoms with van der Waals surface area (Å²) in [5.74, 6) is 0.0189. The lowest BCUT2D eigenvalue weighted by Gasteiger charge is -2.16. The van der Waals surface area contributed by atoms with Gasteiger partial charge in [0.25, 0.3) is 5.91 Å². The second-order valence-corrected chi connectivity index (χ2v) is 7.76. The molecule has 1 aromatic heterocycles. The Morgan fingerprint density at radius 2 is 1.58 bits per heavy atom. The molecule has 0 aliphatic rings. The minimum atomic E-state index is -0.382. The van der Waals surface area contributed by atoms with Crippen molar-refractivity contribution in [3.63, 3.8) is 0 Å². The van der Waals surface area contributed by atoms with E-state index in [0.717, 1.165) is 4.88 Å². The highest BCUT2D eigenvalue weighted by Gasteiger charge is 2.18. The molecule has 0 spiro atoms. The van der Waals surface area contributed by atoms with Gasteiger partial charge in [-0.15, -0.1) is 11.3 Å². The van der Waals surface area contributed by atoms with Crippen LogP contribution in [0.5, 0.6) is 5.75 Å². The molecule has 2 aromatic carbocycles. The molecule has 3 rings (SSSR count). The first-order chi connectivity index (χ1) is 14.9. The molecule has 0 aliphatic heterocycles. The van der Waals surface area contributed by atoms with E-state index in [4.69, 9.17) is 4.74 Å². The average Bonchev–Trinajstić information content (AvgIpc) is 3.29. The van der Waals surface area contributed by atoms with Gasteiger partial charge in [0.1, 0.15) is 5.75 Å². The summed E-state index contributed by atoms with van der Waals surface area (Å²) in [7, 11) is 1.58. The molecule has 160 valence electrons. The third-order valence-corrected chi connectivity index (χ3v) is 5.42. The summed E-state index contributed by atoms with van der Waals surface area (Å²) >= 11 is 1.48. The maximum absolute atomic E-state index is 12.5. The SMILES string of the molecule is COc1ccc(NC(=O)c2ccc(NC(=O)CC(NC(C)=O)c3cccs3)cc2)cc1. The van der Waals surface area contributed by atoms with Crippen LogP contribution in [0.2, 0.25) is 0 Å². The van der Waals surface area contributed by atoms with Crippen LogP contribution in [-0.4, -0.2) is 24.8 Å². The smallest absolute Gasteiger partial charge is 0.255 e. The second kappa shape index (κ2) is 10.4. The predicted molar refractivity (Wildman–Crippen MR) is 122 cm³/mol. The van der Waals surface area contributed by atoms with Crippen LogP contribution in [0.4, 0.5) is 11.4 Å². The summed E-state index contributed by atoms with van der Waals surface area (Å²) in [4.78, 5) is 37.3. The van der Waals surface area contributed by atoms with E-state index in [1.165, 1.54) is 18.3 Å². The molecule has 0 fully saturated rings. The van der Waals surface area contributed by atoms with Crippen molar-refractivity contribution < 1.29 is 19.1 Å². The Hall–Kier alpha value is -3.65. The van der Waals surface area contributed by atoms with Crippen LogP contribution in [-0.2, 0) is 9.59 Å². The number of carbonyl (C=O) groups excluding carboxylic acids is 3. The monoisotopic (exact) mass is 437 g/mol. The normalized spacial score (nSPS) is 11.3. The molecule has 0 aliphatic carbocycles. The van der Waals surface area contributed by atoms with Crippen molar-refractivity contribution in [1.82, 2.24) is 5.32 Å². The lowest BCUT2D eigenvalue weighted by atomic mass is 10.1. The molecular formula is C23H23N3O4S. The first-order valence-corrected chi connectivity index (χ1v) is 10.5. The van der Waals surface area contributed by atoms with Gasteiger partial charge in [0.15, 0.2) is 0 Å². The van der Waals surface area contributed by atoms with Crippen LogP contribution in [0.1, 0.15) is 34.6 Å². The van der Waals surface area contributed by atoms with Crippen LogP contribution in [0.25, 0.3) is 0 Å². The van der Waals surface area contributed by atoms with E-state index in [9.17, 15) is 14.4 Å². The fourth-order valence-corrected chi connectivity index (χ4v) is 3.72. The summed E-state index contributed by atoms with van der Waals surface area (Å²) in [5, 5.41) is 10.3. The first-order valence-electron chi connectivity index (χ1n) is 9.60. The van der Waals surface area contributed by atoms with Crippen LogP contribution >= 0.6 is 11.3 Å². The largest absolute Gasteiger partial charge is 0.497 e. The number of carbonyl (C=O) groups is 3. The first kappa shape index (κ1) is 22.0. The Kier molecular flexibility index (Phi) is 7.40. The van der Waals surface area contributed by atoms with Crippen LogP contribution < -0.4 is 20.7 Å². The molecule has 1 atom stereocenters. The number of ether oxygens (including phenoxy) is 1. The van der Waals surface area contributed by atoms with Crippen molar-refractivity contribution in [3.05, 3.63) is 76.5 Å². The highest BCUT2D eigenvalue weighted by molar-refractivity contribution is 7.10. The lowest BCUT2D eigenvalue weighted by molar-refractivity contribution is -0.120. The zero-order chi connectivity index (χ0) is 22.2. The topological polar surface area (TPSA) is 96.5 Å². The van der Waals surface area contributed by atoms with Gasteiger partial charge in [0, 0.05) is 28.7 Å². The number of hydrogen-bond acceptors (Lipinski definition) is 5. The van der Waals surface area contributed by atoms with Gasteiger partial charge in [-0.25, -0.2) is 0 Å². The molecule has 3 amide bonds. The molecule has 0 saturated heterocycles. The maximum atomic E-state index is 12.5. The molecule has 31 heavy (non-hydrogen) atoms. The van der Waals surface area contributed by atoms with Crippen LogP contribution in [0.3, 0.4) is 0 Å². The fourth-order valence-electron chi connectivity index (χ4n) is 2.94. The fraction of sp³-hybridized carbons (Fsp3) is 0.174. The van der Waals surface area contributed by atoms with Gasteiger partial charge in [-0.3, -0.25) is 14.4 Å². The van der Waals surface area contributed by atoms with E-state index < -0.39 is 0 Å². The van der Waals surface area contributed by atoms with Crippen molar-refractivity contribution in [2.24, 2.45) is 0 Å². The Labute approximate surface area is 184 Å². The van der Waals surface area contributed by atoms with Crippen molar-refractivity contribution >= 4 is 40.4 Å². The van der Waals surface area contributed by atoms with Gasteiger partial charge in [-0.1, -0.05) is 6.07 Å². The minimum absolute atomic E-state index is 0.111. The third-order valence-electron chi connectivity index (χ3n) is 4.43. The molecule has 8 heteroatoms. The van der Waals surface area contributed by atoms with Crippen molar-refractivity contribution in [3.8, 4) is 5.75 Å². The number of rotatable bonds is 8. The molecular weight excluding hydrogens is 414 g/mol. The second-order valence-electron chi connectivity index (χ2n) is 6.78. The summed E-state index contributed by atoms with van der Waals surface area (Å²) < 4.78 is 5.10. The number of thiophene rings is 1. The van der Waals surface area contributed by atoms with E-state index in [1.807, 2.05) is 17.5 Å². The maximum Gasteiger partial charge on any atom is 0.255 e. The Bertz CT molecular complexity index is 1030. The van der Waals surface area contributed by atoms with Gasteiger partial charge in [-0.05, 0) is 60.0 Å². The quantitative estimate of drug-likeness (QED) is 0.492. The zero-order valence-corrected chi connectivity index (χ0v) is 18.0. The summed E-state index contributed by atoms with van der Waals surface area (Å²) in [6.07, 6.45) is 0.111. The van der Waals surface area contributed by atoms with E-state index in [-0.39, 0.29) is 30.2 Å². The zero-order valence-electron chi connectivity index (χ0n) is 17.2. The number of benzene rings is 2. The van der Waals surface area contributed by atoms with Crippen LogP contribution in [0.15, 0.2) is 66.0 Å². The highest BCUT2D eigenvalue weighted by atomic mass is 32.1. The number of hydrogen-bond donors (Lipinski definition) is 3. The van der Waals surface area contributed by atoms with E-state index in [1.54, 1.807) is 55.6 Å². The van der Waals surface area contributed by atoms with Crippen LogP contribution in [0, 0.1) is 0 Å². The number of nitrogens with one attached hydrogen (secondary N) is 3. The van der Waals surface area contributed by atoms with E-state index in [0.29, 0.717) is 22.7 Å². The van der Waals surface area contributed by atoms with Gasteiger partial charge >= 0.3 is 0 Å². The number of anilines is 2. The van der Waals surface area contributed by atoms with Gasteiger partial charge in [-0.2, -0.15) is 0 Å². The molecule has 1 unspecified atom stereocenters.